The van der Waals surface area contributed by atoms with Crippen LogP contribution in [0.4, 0.5) is 0 Å². The van der Waals surface area contributed by atoms with Crippen molar-refractivity contribution in [3.05, 3.63) is 35.9 Å². The molecule has 1 heterocycles. The van der Waals surface area contributed by atoms with Gasteiger partial charge in [-0.3, -0.25) is 4.79 Å². The number of nitrogens with one attached hydrogen (secondary N) is 1. The van der Waals surface area contributed by atoms with Gasteiger partial charge in [0.25, 0.3) is 0 Å². The molecule has 0 saturated heterocycles. The van der Waals surface area contributed by atoms with Crippen LogP contribution in [0.15, 0.2) is 39.0 Å². The van der Waals surface area contributed by atoms with E-state index in [0.717, 1.165) is 20.0 Å². The standard InChI is InChI=1S/C15H19N3OS3/c1-2-3-9-20-14-17-18-15(22-14)21-11-13(19)16-10-12-7-5-4-6-8-12/h4-8H,2-3,9-11H2,1H3,(H,16,19). The molecule has 1 aromatic carbocycles. The molecule has 0 aliphatic heterocycles. The van der Waals surface area contributed by atoms with Crippen molar-refractivity contribution in [1.29, 1.82) is 0 Å². The van der Waals surface area contributed by atoms with E-state index in [1.165, 1.54) is 24.6 Å². The van der Waals surface area contributed by atoms with E-state index in [1.54, 1.807) is 23.1 Å². The molecule has 1 amide bonds. The van der Waals surface area contributed by atoms with Crippen molar-refractivity contribution in [1.82, 2.24) is 15.5 Å². The first kappa shape index (κ1) is 17.3. The van der Waals surface area contributed by atoms with Crippen LogP contribution < -0.4 is 5.32 Å². The summed E-state index contributed by atoms with van der Waals surface area (Å²) in [6, 6.07) is 9.90. The van der Waals surface area contributed by atoms with Gasteiger partial charge in [0.15, 0.2) is 8.68 Å². The second-order valence-electron chi connectivity index (χ2n) is 4.59. The van der Waals surface area contributed by atoms with Gasteiger partial charge in [0, 0.05) is 12.3 Å². The van der Waals surface area contributed by atoms with Crippen LogP contribution in [-0.4, -0.2) is 27.6 Å². The minimum atomic E-state index is 0.0178. The van der Waals surface area contributed by atoms with Crippen LogP contribution in [0.5, 0.6) is 0 Å². The Bertz CT molecular complexity index is 574. The Kier molecular flexibility index (Phi) is 7.76. The number of carbonyl (C=O) groups is 1. The predicted octanol–water partition coefficient (Wildman–Crippen LogP) is 3.84. The van der Waals surface area contributed by atoms with Crippen molar-refractivity contribution in [2.24, 2.45) is 0 Å². The molecule has 22 heavy (non-hydrogen) atoms. The highest BCUT2D eigenvalue weighted by Crippen LogP contribution is 2.29. The average molecular weight is 354 g/mol. The molecular weight excluding hydrogens is 334 g/mol. The first-order valence-electron chi connectivity index (χ1n) is 7.17. The molecule has 118 valence electrons. The van der Waals surface area contributed by atoms with Gasteiger partial charge in [-0.1, -0.05) is 78.5 Å². The molecule has 0 aliphatic carbocycles. The summed E-state index contributed by atoms with van der Waals surface area (Å²) >= 11 is 4.75. The normalized spacial score (nSPS) is 10.6. The van der Waals surface area contributed by atoms with E-state index in [-0.39, 0.29) is 5.91 Å². The number of carbonyl (C=O) groups excluding carboxylic acids is 1. The lowest BCUT2D eigenvalue weighted by Gasteiger charge is -2.03. The van der Waals surface area contributed by atoms with Gasteiger partial charge < -0.3 is 5.32 Å². The molecule has 0 saturated carbocycles. The van der Waals surface area contributed by atoms with Crippen LogP contribution >= 0.6 is 34.9 Å². The number of amides is 1. The lowest BCUT2D eigenvalue weighted by Crippen LogP contribution is -2.24. The smallest absolute Gasteiger partial charge is 0.230 e. The minimum Gasteiger partial charge on any atom is -0.351 e. The summed E-state index contributed by atoms with van der Waals surface area (Å²) in [6.45, 7) is 2.74. The fourth-order valence-electron chi connectivity index (χ4n) is 1.59. The molecule has 7 heteroatoms. The van der Waals surface area contributed by atoms with Crippen LogP contribution in [0.3, 0.4) is 0 Å². The Balaban J connectivity index is 1.67. The fourth-order valence-corrected chi connectivity index (χ4v) is 4.60. The summed E-state index contributed by atoms with van der Waals surface area (Å²) in [5.41, 5.74) is 1.10. The van der Waals surface area contributed by atoms with Crippen LogP contribution in [-0.2, 0) is 11.3 Å². The Morgan fingerprint density at radius 1 is 1.18 bits per heavy atom. The number of rotatable bonds is 9. The van der Waals surface area contributed by atoms with Gasteiger partial charge in [0.05, 0.1) is 5.75 Å². The maximum Gasteiger partial charge on any atom is 0.230 e. The van der Waals surface area contributed by atoms with Gasteiger partial charge in [-0.25, -0.2) is 0 Å². The minimum absolute atomic E-state index is 0.0178. The molecule has 2 rings (SSSR count). The zero-order chi connectivity index (χ0) is 15.6. The molecule has 0 atom stereocenters. The maximum atomic E-state index is 11.8. The zero-order valence-electron chi connectivity index (χ0n) is 12.4. The number of nitrogens with zero attached hydrogens (tertiary/aromatic N) is 2. The van der Waals surface area contributed by atoms with E-state index < -0.39 is 0 Å². The van der Waals surface area contributed by atoms with Crippen LogP contribution in [0, 0.1) is 0 Å². The quantitative estimate of drug-likeness (QED) is 0.548. The molecular formula is C15H19N3OS3. The lowest BCUT2D eigenvalue weighted by molar-refractivity contribution is -0.118. The van der Waals surface area contributed by atoms with E-state index in [0.29, 0.717) is 12.3 Å². The number of hydrogen-bond acceptors (Lipinski definition) is 6. The van der Waals surface area contributed by atoms with Crippen LogP contribution in [0.25, 0.3) is 0 Å². The van der Waals surface area contributed by atoms with Crippen molar-refractivity contribution in [3.63, 3.8) is 0 Å². The summed E-state index contributed by atoms with van der Waals surface area (Å²) in [5.74, 6) is 1.47. The molecule has 0 aliphatic rings. The molecule has 1 aromatic heterocycles. The second kappa shape index (κ2) is 9.86. The third-order valence-electron chi connectivity index (χ3n) is 2.77. The van der Waals surface area contributed by atoms with Gasteiger partial charge >= 0.3 is 0 Å². The number of hydrogen-bond donors (Lipinski definition) is 1. The SMILES string of the molecule is CCCCSc1nnc(SCC(=O)NCc2ccccc2)s1. The van der Waals surface area contributed by atoms with Gasteiger partial charge in [-0.05, 0) is 12.0 Å². The summed E-state index contributed by atoms with van der Waals surface area (Å²) in [5, 5.41) is 11.2. The highest BCUT2D eigenvalue weighted by molar-refractivity contribution is 8.03. The van der Waals surface area contributed by atoms with Crippen molar-refractivity contribution in [2.45, 2.75) is 35.0 Å². The maximum absolute atomic E-state index is 11.8. The second-order valence-corrected chi connectivity index (χ2v) is 8.13. The fraction of sp³-hybridized carbons (Fsp3) is 0.400. The Morgan fingerprint density at radius 2 is 1.91 bits per heavy atom. The molecule has 0 unspecified atom stereocenters. The third kappa shape index (κ3) is 6.37. The monoisotopic (exact) mass is 353 g/mol. The lowest BCUT2D eigenvalue weighted by atomic mass is 10.2. The van der Waals surface area contributed by atoms with Gasteiger partial charge in [-0.2, -0.15) is 0 Å². The molecule has 2 aromatic rings. The van der Waals surface area contributed by atoms with E-state index in [2.05, 4.69) is 22.4 Å². The molecule has 0 bridgehead atoms. The third-order valence-corrected chi connectivity index (χ3v) is 6.05. The first-order chi connectivity index (χ1) is 10.8. The van der Waals surface area contributed by atoms with E-state index >= 15 is 0 Å². The highest BCUT2D eigenvalue weighted by Gasteiger charge is 2.08. The van der Waals surface area contributed by atoms with Gasteiger partial charge in [-0.15, -0.1) is 10.2 Å². The van der Waals surface area contributed by atoms with Crippen molar-refractivity contribution < 1.29 is 4.79 Å². The van der Waals surface area contributed by atoms with E-state index in [9.17, 15) is 4.79 Å². The molecule has 0 spiro atoms. The summed E-state index contributed by atoms with van der Waals surface area (Å²) in [7, 11) is 0. The van der Waals surface area contributed by atoms with Crippen molar-refractivity contribution >= 4 is 40.8 Å². The van der Waals surface area contributed by atoms with Crippen molar-refractivity contribution in [3.8, 4) is 0 Å². The summed E-state index contributed by atoms with van der Waals surface area (Å²) in [4.78, 5) is 11.8. The Morgan fingerprint density at radius 3 is 2.64 bits per heavy atom. The average Bonchev–Trinajstić information content (AvgIpc) is 3.00. The zero-order valence-corrected chi connectivity index (χ0v) is 14.9. The number of aromatic nitrogens is 2. The number of benzene rings is 1. The number of unbranched alkanes of at least 4 members (excludes halogenated alkanes) is 1. The molecule has 0 fully saturated rings. The van der Waals surface area contributed by atoms with E-state index in [1.807, 2.05) is 30.3 Å². The number of thioether (sulfide) groups is 2. The molecule has 4 nitrogen and oxygen atoms in total. The topological polar surface area (TPSA) is 54.9 Å². The van der Waals surface area contributed by atoms with Gasteiger partial charge in [0.2, 0.25) is 5.91 Å². The molecule has 1 N–H and O–H groups in total. The van der Waals surface area contributed by atoms with Crippen molar-refractivity contribution in [2.75, 3.05) is 11.5 Å². The predicted molar refractivity (Wildman–Crippen MR) is 94.6 cm³/mol. The highest BCUT2D eigenvalue weighted by atomic mass is 32.2. The largest absolute Gasteiger partial charge is 0.351 e. The first-order valence-corrected chi connectivity index (χ1v) is 9.96. The Hall–Kier alpha value is -1.05. The van der Waals surface area contributed by atoms with Crippen LogP contribution in [0.2, 0.25) is 0 Å². The summed E-state index contributed by atoms with van der Waals surface area (Å²) < 4.78 is 1.84. The van der Waals surface area contributed by atoms with Gasteiger partial charge in [0.1, 0.15) is 0 Å². The molecule has 0 radical (unpaired) electrons. The van der Waals surface area contributed by atoms with E-state index in [4.69, 9.17) is 0 Å². The Labute approximate surface area is 143 Å². The van der Waals surface area contributed by atoms with Crippen LogP contribution in [0.1, 0.15) is 25.3 Å². The summed E-state index contributed by atoms with van der Waals surface area (Å²) in [6.07, 6.45) is 2.38.